The second-order valence-corrected chi connectivity index (χ2v) is 4.85. The van der Waals surface area contributed by atoms with Crippen LogP contribution in [0, 0.1) is 11.8 Å². The van der Waals surface area contributed by atoms with Gasteiger partial charge in [0.2, 0.25) is 0 Å². The maximum absolute atomic E-state index is 5.76. The first-order chi connectivity index (χ1) is 7.40. The van der Waals surface area contributed by atoms with Gasteiger partial charge in [0.05, 0.1) is 6.61 Å². The molecule has 1 heterocycles. The summed E-state index contributed by atoms with van der Waals surface area (Å²) >= 11 is 1.44. The van der Waals surface area contributed by atoms with Gasteiger partial charge >= 0.3 is 0 Å². The first kappa shape index (κ1) is 10.8. The molecule has 1 aliphatic rings. The summed E-state index contributed by atoms with van der Waals surface area (Å²) in [7, 11) is 0. The Morgan fingerprint density at radius 1 is 1.40 bits per heavy atom. The van der Waals surface area contributed by atoms with E-state index in [1.165, 1.54) is 37.0 Å². The summed E-state index contributed by atoms with van der Waals surface area (Å²) in [6, 6.07) is 0. The topological polar surface area (TPSA) is 61.0 Å². The molecule has 0 spiro atoms. The number of nitrogens with two attached hydrogens (primary N) is 1. The zero-order chi connectivity index (χ0) is 10.5. The molecular weight excluding hydrogens is 210 g/mol. The highest BCUT2D eigenvalue weighted by Crippen LogP contribution is 2.29. The van der Waals surface area contributed by atoms with E-state index in [1.807, 2.05) is 0 Å². The quantitative estimate of drug-likeness (QED) is 0.850. The molecule has 84 valence electrons. The average molecular weight is 227 g/mol. The lowest BCUT2D eigenvalue weighted by Gasteiger charge is -2.29. The zero-order valence-electron chi connectivity index (χ0n) is 8.76. The third-order valence-corrected chi connectivity index (χ3v) is 3.73. The number of hydrogen-bond donors (Lipinski definition) is 1. The molecule has 0 amide bonds. The second kappa shape index (κ2) is 5.42. The molecule has 1 aromatic rings. The molecule has 0 aromatic carbocycles. The summed E-state index contributed by atoms with van der Waals surface area (Å²) in [5, 5.41) is 8.29. The molecular formula is C10H17N3OS. The highest BCUT2D eigenvalue weighted by molar-refractivity contribution is 7.11. The lowest BCUT2D eigenvalue weighted by molar-refractivity contribution is 0.152. The molecule has 2 atom stereocenters. The van der Waals surface area contributed by atoms with E-state index in [9.17, 15) is 0 Å². The molecule has 1 saturated carbocycles. The molecule has 0 radical (unpaired) electrons. The predicted molar refractivity (Wildman–Crippen MR) is 59.9 cm³/mol. The molecule has 0 aliphatic heterocycles. The number of ether oxygens (including phenoxy) is 1. The number of hydrogen-bond acceptors (Lipinski definition) is 5. The van der Waals surface area contributed by atoms with Crippen LogP contribution in [0.15, 0.2) is 5.51 Å². The first-order valence-electron chi connectivity index (χ1n) is 5.49. The number of nitrogens with zero attached hydrogens (tertiary/aromatic N) is 2. The minimum Gasteiger partial charge on any atom is -0.469 e. The van der Waals surface area contributed by atoms with Gasteiger partial charge in [-0.2, -0.15) is 0 Å². The number of rotatable bonds is 4. The van der Waals surface area contributed by atoms with Gasteiger partial charge in [0, 0.05) is 0 Å². The fraction of sp³-hybridized carbons (Fsp3) is 0.800. The Balaban J connectivity index is 1.81. The largest absolute Gasteiger partial charge is 0.469 e. The Kier molecular flexibility index (Phi) is 3.91. The van der Waals surface area contributed by atoms with E-state index in [0.717, 1.165) is 13.2 Å². The van der Waals surface area contributed by atoms with Crippen molar-refractivity contribution in [2.24, 2.45) is 17.6 Å². The average Bonchev–Trinajstić information content (AvgIpc) is 2.79. The molecule has 0 saturated heterocycles. The van der Waals surface area contributed by atoms with E-state index < -0.39 is 0 Å². The third-order valence-electron chi connectivity index (χ3n) is 3.13. The monoisotopic (exact) mass is 227 g/mol. The van der Waals surface area contributed by atoms with Gasteiger partial charge in [-0.15, -0.1) is 10.2 Å². The van der Waals surface area contributed by atoms with Crippen LogP contribution in [0.1, 0.15) is 25.7 Å². The smallest absolute Gasteiger partial charge is 0.293 e. The van der Waals surface area contributed by atoms with Crippen LogP contribution >= 0.6 is 11.3 Å². The van der Waals surface area contributed by atoms with Crippen LogP contribution in [-0.4, -0.2) is 23.3 Å². The molecule has 2 unspecified atom stereocenters. The maximum Gasteiger partial charge on any atom is 0.293 e. The first-order valence-corrected chi connectivity index (χ1v) is 6.37. The van der Waals surface area contributed by atoms with E-state index in [2.05, 4.69) is 10.2 Å². The van der Waals surface area contributed by atoms with Crippen molar-refractivity contribution in [3.63, 3.8) is 0 Å². The van der Waals surface area contributed by atoms with Crippen LogP contribution < -0.4 is 10.5 Å². The Morgan fingerprint density at radius 2 is 2.20 bits per heavy atom. The number of aromatic nitrogens is 2. The van der Waals surface area contributed by atoms with Crippen molar-refractivity contribution in [2.75, 3.05) is 13.2 Å². The van der Waals surface area contributed by atoms with Crippen LogP contribution in [0.3, 0.4) is 0 Å². The molecule has 1 aromatic heterocycles. The van der Waals surface area contributed by atoms with Crippen LogP contribution in [0.2, 0.25) is 0 Å². The normalized spacial score (nSPS) is 26.5. The highest BCUT2D eigenvalue weighted by Gasteiger charge is 2.24. The van der Waals surface area contributed by atoms with Gasteiger partial charge in [0.25, 0.3) is 5.19 Å². The van der Waals surface area contributed by atoms with Crippen molar-refractivity contribution in [1.29, 1.82) is 0 Å². The zero-order valence-corrected chi connectivity index (χ0v) is 9.58. The van der Waals surface area contributed by atoms with Gasteiger partial charge in [-0.05, 0) is 31.2 Å². The van der Waals surface area contributed by atoms with Gasteiger partial charge < -0.3 is 10.5 Å². The van der Waals surface area contributed by atoms with Gasteiger partial charge in [-0.1, -0.05) is 24.2 Å². The predicted octanol–water partition coefficient (Wildman–Crippen LogP) is 1.68. The van der Waals surface area contributed by atoms with E-state index in [1.54, 1.807) is 5.51 Å². The van der Waals surface area contributed by atoms with Crippen molar-refractivity contribution < 1.29 is 4.74 Å². The molecule has 15 heavy (non-hydrogen) atoms. The molecule has 1 fully saturated rings. The standard InChI is InChI=1S/C10H17N3OS/c11-5-8-3-1-2-4-9(8)6-14-10-13-12-7-15-10/h7-9H,1-6,11H2. The molecule has 5 heteroatoms. The van der Waals surface area contributed by atoms with Crippen LogP contribution in [0.4, 0.5) is 0 Å². The van der Waals surface area contributed by atoms with Crippen LogP contribution in [0.25, 0.3) is 0 Å². The fourth-order valence-corrected chi connectivity index (χ4v) is 2.63. The van der Waals surface area contributed by atoms with Gasteiger partial charge in [-0.25, -0.2) is 0 Å². The molecule has 0 bridgehead atoms. The van der Waals surface area contributed by atoms with E-state index in [4.69, 9.17) is 10.5 Å². The summed E-state index contributed by atoms with van der Waals surface area (Å²) in [5.74, 6) is 1.24. The summed E-state index contributed by atoms with van der Waals surface area (Å²) in [4.78, 5) is 0. The SMILES string of the molecule is NCC1CCCCC1COc1nncs1. The van der Waals surface area contributed by atoms with Crippen LogP contribution in [-0.2, 0) is 0 Å². The molecule has 2 rings (SSSR count). The fourth-order valence-electron chi connectivity index (χ4n) is 2.22. The summed E-state index contributed by atoms with van der Waals surface area (Å²) in [6.07, 6.45) is 5.11. The van der Waals surface area contributed by atoms with Crippen molar-refractivity contribution >= 4 is 11.3 Å². The minimum absolute atomic E-state index is 0.604. The lowest BCUT2D eigenvalue weighted by Crippen LogP contribution is -2.30. The Morgan fingerprint density at radius 3 is 2.87 bits per heavy atom. The van der Waals surface area contributed by atoms with E-state index >= 15 is 0 Å². The van der Waals surface area contributed by atoms with Crippen LogP contribution in [0.5, 0.6) is 5.19 Å². The Hall–Kier alpha value is -0.680. The van der Waals surface area contributed by atoms with Gasteiger partial charge in [-0.3, -0.25) is 0 Å². The molecule has 1 aliphatic carbocycles. The lowest BCUT2D eigenvalue weighted by atomic mass is 9.80. The summed E-state index contributed by atoms with van der Waals surface area (Å²) in [6.45, 7) is 1.53. The minimum atomic E-state index is 0.604. The highest BCUT2D eigenvalue weighted by atomic mass is 32.1. The molecule has 2 N–H and O–H groups in total. The van der Waals surface area contributed by atoms with Gasteiger partial charge in [0.1, 0.15) is 5.51 Å². The van der Waals surface area contributed by atoms with Crippen molar-refractivity contribution in [2.45, 2.75) is 25.7 Å². The Bertz CT molecular complexity index is 278. The van der Waals surface area contributed by atoms with E-state index in [0.29, 0.717) is 17.0 Å². The van der Waals surface area contributed by atoms with Gasteiger partial charge in [0.15, 0.2) is 0 Å². The van der Waals surface area contributed by atoms with Crippen molar-refractivity contribution in [1.82, 2.24) is 10.2 Å². The maximum atomic E-state index is 5.76. The summed E-state index contributed by atoms with van der Waals surface area (Å²) in [5.41, 5.74) is 7.45. The third kappa shape index (κ3) is 2.89. The van der Waals surface area contributed by atoms with Crippen molar-refractivity contribution in [3.8, 4) is 5.19 Å². The van der Waals surface area contributed by atoms with Crippen molar-refractivity contribution in [3.05, 3.63) is 5.51 Å². The summed E-state index contributed by atoms with van der Waals surface area (Å²) < 4.78 is 5.61. The molecule has 4 nitrogen and oxygen atoms in total. The second-order valence-electron chi connectivity index (χ2n) is 4.06. The Labute approximate surface area is 93.8 Å². The van der Waals surface area contributed by atoms with E-state index in [-0.39, 0.29) is 0 Å².